The van der Waals surface area contributed by atoms with E-state index in [1.165, 1.54) is 270 Å². The van der Waals surface area contributed by atoms with Crippen molar-refractivity contribution in [3.63, 3.8) is 0 Å². The molecule has 0 saturated carbocycles. The van der Waals surface area contributed by atoms with E-state index in [1.807, 2.05) is 0 Å². The van der Waals surface area contributed by atoms with Gasteiger partial charge in [-0.1, -0.05) is 302 Å². The summed E-state index contributed by atoms with van der Waals surface area (Å²) in [4.78, 5) is 24.5. The topological polar surface area (TPSA) is 95.9 Å². The molecule has 0 aliphatic rings. The second-order valence-electron chi connectivity index (χ2n) is 21.4. The molecule has 0 radical (unpaired) electrons. The number of aliphatic hydroxyl groups excluding tert-OH is 2. The first kappa shape index (κ1) is 66.6. The molecule has 0 spiro atoms. The normalized spacial score (nSPS) is 12.6. The molecule has 1 amide bonds. The Hall–Kier alpha value is -1.40. The number of carbonyl (C=O) groups excluding carboxylic acids is 2. The lowest BCUT2D eigenvalue weighted by Gasteiger charge is -2.22. The minimum Gasteiger partial charge on any atom is -0.466 e. The third kappa shape index (κ3) is 53.9. The number of hydrogen-bond acceptors (Lipinski definition) is 5. The Balaban J connectivity index is 3.40. The zero-order valence-electron chi connectivity index (χ0n) is 46.1. The molecule has 0 fully saturated rings. The highest BCUT2D eigenvalue weighted by molar-refractivity contribution is 5.76. The summed E-state index contributed by atoms with van der Waals surface area (Å²) in [6.45, 7) is 4.94. The predicted molar refractivity (Wildman–Crippen MR) is 297 cm³/mol. The molecule has 2 atom stereocenters. The molecule has 0 saturated heterocycles. The molecule has 0 bridgehead atoms. The van der Waals surface area contributed by atoms with Crippen molar-refractivity contribution in [2.24, 2.45) is 0 Å². The summed E-state index contributed by atoms with van der Waals surface area (Å²) in [5.41, 5.74) is 0. The first-order chi connectivity index (χ1) is 33.5. The van der Waals surface area contributed by atoms with Crippen LogP contribution in [0.2, 0.25) is 0 Å². The smallest absolute Gasteiger partial charge is 0.305 e. The Bertz CT molecular complexity index is 1020. The Morgan fingerprint density at radius 2 is 0.706 bits per heavy atom. The van der Waals surface area contributed by atoms with E-state index in [9.17, 15) is 19.8 Å². The number of ether oxygens (including phenoxy) is 1. The molecule has 0 aromatic rings. The average molecular weight is 961 g/mol. The lowest BCUT2D eigenvalue weighted by Crippen LogP contribution is -2.45. The number of allylic oxidation sites excluding steroid dienone is 2. The van der Waals surface area contributed by atoms with Crippen molar-refractivity contribution in [3.05, 3.63) is 12.2 Å². The maximum Gasteiger partial charge on any atom is 0.305 e. The Morgan fingerprint density at radius 3 is 1.09 bits per heavy atom. The molecule has 0 aliphatic carbocycles. The van der Waals surface area contributed by atoms with Gasteiger partial charge in [-0.3, -0.25) is 9.59 Å². The number of nitrogens with one attached hydrogen (secondary N) is 1. The Morgan fingerprint density at radius 1 is 0.397 bits per heavy atom. The molecule has 0 aliphatic heterocycles. The number of unbranched alkanes of at least 4 members (excludes halogenated alkanes) is 45. The van der Waals surface area contributed by atoms with Gasteiger partial charge in [0.1, 0.15) is 0 Å². The van der Waals surface area contributed by atoms with Crippen molar-refractivity contribution in [2.75, 3.05) is 13.2 Å². The van der Waals surface area contributed by atoms with Gasteiger partial charge in [-0.05, 0) is 44.9 Å². The quantitative estimate of drug-likeness (QED) is 0.0321. The van der Waals surface area contributed by atoms with Gasteiger partial charge in [0, 0.05) is 12.8 Å². The van der Waals surface area contributed by atoms with Gasteiger partial charge >= 0.3 is 5.97 Å². The minimum atomic E-state index is -0.666. The van der Waals surface area contributed by atoms with Crippen LogP contribution < -0.4 is 5.32 Å². The highest BCUT2D eigenvalue weighted by Gasteiger charge is 2.20. The summed E-state index contributed by atoms with van der Waals surface area (Å²) in [5, 5.41) is 23.4. The molecule has 0 heterocycles. The fourth-order valence-corrected chi connectivity index (χ4v) is 9.80. The number of amides is 1. The van der Waals surface area contributed by atoms with Crippen LogP contribution in [0.15, 0.2) is 12.2 Å². The van der Waals surface area contributed by atoms with Crippen LogP contribution in [-0.4, -0.2) is 47.4 Å². The van der Waals surface area contributed by atoms with Gasteiger partial charge in [0.25, 0.3) is 0 Å². The summed E-state index contributed by atoms with van der Waals surface area (Å²) in [5.74, 6) is -0.0353. The highest BCUT2D eigenvalue weighted by atomic mass is 16.5. The predicted octanol–water partition coefficient (Wildman–Crippen LogP) is 19.2. The lowest BCUT2D eigenvalue weighted by atomic mass is 10.0. The third-order valence-corrected chi connectivity index (χ3v) is 14.6. The summed E-state index contributed by atoms with van der Waals surface area (Å²) < 4.78 is 5.46. The largest absolute Gasteiger partial charge is 0.466 e. The highest BCUT2D eigenvalue weighted by Crippen LogP contribution is 2.18. The second kappa shape index (κ2) is 58.2. The van der Waals surface area contributed by atoms with Crippen LogP contribution in [-0.2, 0) is 14.3 Å². The van der Waals surface area contributed by atoms with Gasteiger partial charge in [-0.2, -0.15) is 0 Å². The van der Waals surface area contributed by atoms with E-state index >= 15 is 0 Å². The van der Waals surface area contributed by atoms with E-state index in [0.29, 0.717) is 25.9 Å². The van der Waals surface area contributed by atoms with Gasteiger partial charge in [0.05, 0.1) is 25.4 Å². The van der Waals surface area contributed by atoms with Gasteiger partial charge in [-0.15, -0.1) is 0 Å². The standard InChI is InChI=1S/C62H121NO5/c1-3-5-7-9-11-13-15-16-17-18-19-20-22-25-28-31-35-38-42-46-50-54-60(65)59(58-64)63-61(66)55-51-47-43-39-36-32-29-26-23-21-24-27-30-33-37-41-45-49-53-57-68-62(67)56-52-48-44-40-34-14-12-10-8-6-4-2/h10,12,59-60,64-65H,3-9,11,13-58H2,1-2H3,(H,63,66)/b12-10-. The molecule has 2 unspecified atom stereocenters. The lowest BCUT2D eigenvalue weighted by molar-refractivity contribution is -0.143. The molecule has 0 aromatic carbocycles. The molecule has 0 rings (SSSR count). The van der Waals surface area contributed by atoms with Crippen molar-refractivity contribution in [1.82, 2.24) is 5.32 Å². The van der Waals surface area contributed by atoms with Crippen molar-refractivity contribution in [3.8, 4) is 0 Å². The average Bonchev–Trinajstić information content (AvgIpc) is 3.34. The van der Waals surface area contributed by atoms with E-state index in [0.717, 1.165) is 44.9 Å². The molecule has 68 heavy (non-hydrogen) atoms. The zero-order chi connectivity index (χ0) is 49.3. The third-order valence-electron chi connectivity index (χ3n) is 14.6. The molecular formula is C62H121NO5. The minimum absolute atomic E-state index is 0.00118. The van der Waals surface area contributed by atoms with Crippen LogP contribution in [0.4, 0.5) is 0 Å². The maximum absolute atomic E-state index is 12.5. The van der Waals surface area contributed by atoms with Crippen LogP contribution in [0.3, 0.4) is 0 Å². The first-order valence-corrected chi connectivity index (χ1v) is 30.9. The Kier molecular flexibility index (Phi) is 57.0. The molecule has 404 valence electrons. The number of hydrogen-bond donors (Lipinski definition) is 3. The van der Waals surface area contributed by atoms with Crippen LogP contribution in [0.1, 0.15) is 348 Å². The summed E-state index contributed by atoms with van der Waals surface area (Å²) in [7, 11) is 0. The zero-order valence-corrected chi connectivity index (χ0v) is 46.1. The molecule has 3 N–H and O–H groups in total. The van der Waals surface area contributed by atoms with Crippen molar-refractivity contribution >= 4 is 11.9 Å². The Labute approximate surface area is 425 Å². The molecule has 6 heteroatoms. The van der Waals surface area contributed by atoms with Crippen molar-refractivity contribution in [1.29, 1.82) is 0 Å². The van der Waals surface area contributed by atoms with Gasteiger partial charge in [0.2, 0.25) is 5.91 Å². The fraction of sp³-hybridized carbons (Fsp3) is 0.935. The SMILES string of the molecule is CCCC/C=C\CCCCCCCC(=O)OCCCCCCCCCCCCCCCCCCCCCC(=O)NC(CO)C(O)CCCCCCCCCCCCCCCCCCCCCCC. The number of carbonyl (C=O) groups is 2. The van der Waals surface area contributed by atoms with Crippen LogP contribution in [0.5, 0.6) is 0 Å². The van der Waals surface area contributed by atoms with Crippen LogP contribution in [0, 0.1) is 0 Å². The van der Waals surface area contributed by atoms with Crippen molar-refractivity contribution in [2.45, 2.75) is 360 Å². The molecule has 0 aromatic heterocycles. The van der Waals surface area contributed by atoms with Gasteiger partial charge in [0.15, 0.2) is 0 Å². The summed E-state index contributed by atoms with van der Waals surface area (Å²) in [6.07, 6.45) is 69.3. The van der Waals surface area contributed by atoms with Gasteiger partial charge in [-0.25, -0.2) is 0 Å². The summed E-state index contributed by atoms with van der Waals surface area (Å²) >= 11 is 0. The van der Waals surface area contributed by atoms with E-state index < -0.39 is 12.1 Å². The first-order valence-electron chi connectivity index (χ1n) is 30.9. The monoisotopic (exact) mass is 960 g/mol. The van der Waals surface area contributed by atoms with Crippen molar-refractivity contribution < 1.29 is 24.5 Å². The number of rotatable bonds is 58. The number of esters is 1. The van der Waals surface area contributed by atoms with Crippen LogP contribution in [0.25, 0.3) is 0 Å². The maximum atomic E-state index is 12.5. The van der Waals surface area contributed by atoms with E-state index in [4.69, 9.17) is 4.74 Å². The van der Waals surface area contributed by atoms with Gasteiger partial charge < -0.3 is 20.3 Å². The summed E-state index contributed by atoms with van der Waals surface area (Å²) in [6, 6.07) is -0.544. The molecule has 6 nitrogen and oxygen atoms in total. The van der Waals surface area contributed by atoms with E-state index in [2.05, 4.69) is 31.3 Å². The van der Waals surface area contributed by atoms with E-state index in [-0.39, 0.29) is 18.5 Å². The number of aliphatic hydroxyl groups is 2. The second-order valence-corrected chi connectivity index (χ2v) is 21.4. The van der Waals surface area contributed by atoms with E-state index in [1.54, 1.807) is 0 Å². The fourth-order valence-electron chi connectivity index (χ4n) is 9.80. The van der Waals surface area contributed by atoms with Crippen LogP contribution >= 0.6 is 0 Å². The molecular weight excluding hydrogens is 839 g/mol.